The molecule has 0 bridgehead atoms. The Labute approximate surface area is 112 Å². The van der Waals surface area contributed by atoms with Crippen LogP contribution < -0.4 is 5.73 Å². The zero-order chi connectivity index (χ0) is 14.3. The molecule has 0 fully saturated rings. The Morgan fingerprint density at radius 1 is 1.35 bits per heavy atom. The minimum atomic E-state index is -0.498. The molecule has 0 aliphatic rings. The van der Waals surface area contributed by atoms with Crippen molar-refractivity contribution in [3.05, 3.63) is 40.6 Å². The molecule has 0 radical (unpaired) electrons. The summed E-state index contributed by atoms with van der Waals surface area (Å²) in [6.07, 6.45) is 1.45. The van der Waals surface area contributed by atoms with Gasteiger partial charge < -0.3 is 15.8 Å². The first-order chi connectivity index (χ1) is 9.56. The molecule has 0 spiro atoms. The van der Waals surface area contributed by atoms with E-state index >= 15 is 0 Å². The summed E-state index contributed by atoms with van der Waals surface area (Å²) in [6.45, 7) is 0. The Bertz CT molecular complexity index is 827. The van der Waals surface area contributed by atoms with Crippen LogP contribution >= 0.6 is 0 Å². The van der Waals surface area contributed by atoms with Gasteiger partial charge in [-0.15, -0.1) is 0 Å². The number of nitro benzene ring substituents is 1. The fraction of sp³-hybridized carbons (Fsp3) is 0. The summed E-state index contributed by atoms with van der Waals surface area (Å²) in [5.41, 5.74) is 6.76. The second-order valence-corrected chi connectivity index (χ2v) is 4.14. The van der Waals surface area contributed by atoms with E-state index < -0.39 is 4.92 Å². The predicted molar refractivity (Wildman–Crippen MR) is 72.1 cm³/mol. The van der Waals surface area contributed by atoms with Gasteiger partial charge in [0, 0.05) is 29.2 Å². The molecule has 0 amide bonds. The van der Waals surface area contributed by atoms with Crippen molar-refractivity contribution in [3.63, 3.8) is 0 Å². The van der Waals surface area contributed by atoms with E-state index in [4.69, 9.17) is 5.73 Å². The molecule has 1 aromatic carbocycles. The highest BCUT2D eigenvalue weighted by Crippen LogP contribution is 2.37. The molecular formula is C12H9N5O3. The van der Waals surface area contributed by atoms with E-state index in [1.165, 1.54) is 24.4 Å². The van der Waals surface area contributed by atoms with Gasteiger partial charge in [-0.2, -0.15) is 0 Å². The molecule has 8 nitrogen and oxygen atoms in total. The average molecular weight is 271 g/mol. The van der Waals surface area contributed by atoms with Gasteiger partial charge in [0.05, 0.1) is 16.2 Å². The molecule has 0 aliphatic heterocycles. The van der Waals surface area contributed by atoms with Gasteiger partial charge in [-0.25, -0.2) is 9.97 Å². The number of nitrogens with zero attached hydrogens (tertiary/aromatic N) is 3. The maximum absolute atomic E-state index is 10.8. The highest BCUT2D eigenvalue weighted by molar-refractivity contribution is 5.99. The lowest BCUT2D eigenvalue weighted by atomic mass is 10.1. The Balaban J connectivity index is 2.31. The molecule has 2 heterocycles. The number of H-pyrrole nitrogens is 1. The standard InChI is InChI=1S/C12H9N5O3/c13-12-14-4-3-9(16-12)10-7-5-6(17(19)20)1-2-8(7)15-11(10)18/h1-5,15,18H,(H2,13,14,16). The number of hydrogen-bond acceptors (Lipinski definition) is 6. The second kappa shape index (κ2) is 4.19. The summed E-state index contributed by atoms with van der Waals surface area (Å²) in [6, 6.07) is 5.83. The molecule has 3 rings (SSSR count). The lowest BCUT2D eigenvalue weighted by Gasteiger charge is -2.00. The predicted octanol–water partition coefficient (Wildman–Crippen LogP) is 1.82. The van der Waals surface area contributed by atoms with E-state index in [0.717, 1.165) is 0 Å². The summed E-state index contributed by atoms with van der Waals surface area (Å²) in [5, 5.41) is 21.3. The maximum atomic E-state index is 10.8. The number of rotatable bonds is 2. The van der Waals surface area contributed by atoms with Crippen LogP contribution in [0.5, 0.6) is 5.88 Å². The van der Waals surface area contributed by atoms with E-state index in [0.29, 0.717) is 22.2 Å². The van der Waals surface area contributed by atoms with Gasteiger partial charge in [0.1, 0.15) is 0 Å². The van der Waals surface area contributed by atoms with Gasteiger partial charge in [0.15, 0.2) is 5.88 Å². The molecule has 0 unspecified atom stereocenters. The Kier molecular flexibility index (Phi) is 2.50. The molecule has 2 aromatic heterocycles. The van der Waals surface area contributed by atoms with Gasteiger partial charge in [0.25, 0.3) is 5.69 Å². The topological polar surface area (TPSA) is 131 Å². The summed E-state index contributed by atoms with van der Waals surface area (Å²) >= 11 is 0. The molecule has 0 saturated heterocycles. The molecule has 0 saturated carbocycles. The number of aromatic amines is 1. The normalized spacial score (nSPS) is 10.8. The number of anilines is 1. The number of nitro groups is 1. The quantitative estimate of drug-likeness (QED) is 0.481. The lowest BCUT2D eigenvalue weighted by Crippen LogP contribution is -1.95. The van der Waals surface area contributed by atoms with Crippen molar-refractivity contribution in [3.8, 4) is 17.1 Å². The van der Waals surface area contributed by atoms with Gasteiger partial charge in [0.2, 0.25) is 5.95 Å². The van der Waals surface area contributed by atoms with E-state index in [9.17, 15) is 15.2 Å². The van der Waals surface area contributed by atoms with Crippen molar-refractivity contribution in [1.29, 1.82) is 0 Å². The minimum absolute atomic E-state index is 0.0571. The van der Waals surface area contributed by atoms with Crippen LogP contribution in [0.2, 0.25) is 0 Å². The second-order valence-electron chi connectivity index (χ2n) is 4.14. The number of nitrogens with two attached hydrogens (primary N) is 1. The largest absolute Gasteiger partial charge is 0.494 e. The van der Waals surface area contributed by atoms with E-state index in [1.807, 2.05) is 0 Å². The van der Waals surface area contributed by atoms with Crippen LogP contribution in [-0.2, 0) is 0 Å². The molecule has 4 N–H and O–H groups in total. The van der Waals surface area contributed by atoms with E-state index in [-0.39, 0.29) is 17.5 Å². The van der Waals surface area contributed by atoms with Crippen molar-refractivity contribution >= 4 is 22.5 Å². The number of aromatic nitrogens is 3. The van der Waals surface area contributed by atoms with Crippen LogP contribution in [0.3, 0.4) is 0 Å². The van der Waals surface area contributed by atoms with Crippen LogP contribution in [0.25, 0.3) is 22.2 Å². The number of aromatic hydroxyl groups is 1. The molecule has 0 atom stereocenters. The SMILES string of the molecule is Nc1nccc(-c2c(O)[nH]c3ccc([N+](=O)[O-])cc23)n1. The molecule has 100 valence electrons. The Morgan fingerprint density at radius 3 is 2.85 bits per heavy atom. The summed E-state index contributed by atoms with van der Waals surface area (Å²) in [5.74, 6) is -0.0692. The number of benzene rings is 1. The fourth-order valence-electron chi connectivity index (χ4n) is 2.05. The number of hydrogen-bond donors (Lipinski definition) is 3. The number of non-ortho nitro benzene ring substituents is 1. The van der Waals surface area contributed by atoms with Crippen molar-refractivity contribution in [1.82, 2.24) is 15.0 Å². The first-order valence-electron chi connectivity index (χ1n) is 5.64. The number of nitrogens with one attached hydrogen (secondary N) is 1. The smallest absolute Gasteiger partial charge is 0.270 e. The van der Waals surface area contributed by atoms with Crippen molar-refractivity contribution in [2.75, 3.05) is 5.73 Å². The first kappa shape index (κ1) is 11.9. The molecule has 0 aliphatic carbocycles. The van der Waals surface area contributed by atoms with E-state index in [2.05, 4.69) is 15.0 Å². The Hall–Kier alpha value is -3.16. The zero-order valence-corrected chi connectivity index (χ0v) is 10.1. The van der Waals surface area contributed by atoms with Crippen LogP contribution in [-0.4, -0.2) is 25.0 Å². The van der Waals surface area contributed by atoms with Gasteiger partial charge in [-0.05, 0) is 12.1 Å². The van der Waals surface area contributed by atoms with Crippen LogP contribution in [0.1, 0.15) is 0 Å². The highest BCUT2D eigenvalue weighted by Gasteiger charge is 2.17. The molecular weight excluding hydrogens is 262 g/mol. The van der Waals surface area contributed by atoms with Crippen LogP contribution in [0.4, 0.5) is 11.6 Å². The van der Waals surface area contributed by atoms with Crippen molar-refractivity contribution in [2.45, 2.75) is 0 Å². The maximum Gasteiger partial charge on any atom is 0.270 e. The summed E-state index contributed by atoms with van der Waals surface area (Å²) < 4.78 is 0. The van der Waals surface area contributed by atoms with E-state index in [1.54, 1.807) is 6.07 Å². The third kappa shape index (κ3) is 1.79. The third-order valence-corrected chi connectivity index (χ3v) is 2.90. The minimum Gasteiger partial charge on any atom is -0.494 e. The summed E-state index contributed by atoms with van der Waals surface area (Å²) in [4.78, 5) is 20.9. The molecule has 20 heavy (non-hydrogen) atoms. The number of fused-ring (bicyclic) bond motifs is 1. The highest BCUT2D eigenvalue weighted by atomic mass is 16.6. The summed E-state index contributed by atoms with van der Waals surface area (Å²) in [7, 11) is 0. The van der Waals surface area contributed by atoms with Crippen molar-refractivity contribution < 1.29 is 10.0 Å². The van der Waals surface area contributed by atoms with Gasteiger partial charge in [-0.3, -0.25) is 10.1 Å². The van der Waals surface area contributed by atoms with Crippen molar-refractivity contribution in [2.24, 2.45) is 0 Å². The lowest BCUT2D eigenvalue weighted by molar-refractivity contribution is -0.384. The Morgan fingerprint density at radius 2 is 2.15 bits per heavy atom. The third-order valence-electron chi connectivity index (χ3n) is 2.90. The van der Waals surface area contributed by atoms with Crippen LogP contribution in [0, 0.1) is 10.1 Å². The molecule has 3 aromatic rings. The fourth-order valence-corrected chi connectivity index (χ4v) is 2.05. The first-order valence-corrected chi connectivity index (χ1v) is 5.64. The number of nitrogen functional groups attached to an aromatic ring is 1. The van der Waals surface area contributed by atoms with Gasteiger partial charge >= 0.3 is 0 Å². The van der Waals surface area contributed by atoms with Crippen LogP contribution in [0.15, 0.2) is 30.5 Å². The monoisotopic (exact) mass is 271 g/mol. The molecule has 8 heteroatoms. The van der Waals surface area contributed by atoms with Gasteiger partial charge in [-0.1, -0.05) is 0 Å². The zero-order valence-electron chi connectivity index (χ0n) is 10.1. The average Bonchev–Trinajstić information content (AvgIpc) is 2.73.